The molecule has 0 bridgehead atoms. The van der Waals surface area contributed by atoms with E-state index in [9.17, 15) is 39.5 Å². The van der Waals surface area contributed by atoms with Crippen molar-refractivity contribution < 1.29 is 49.3 Å². The second-order valence-corrected chi connectivity index (χ2v) is 11.9. The summed E-state index contributed by atoms with van der Waals surface area (Å²) >= 11 is 0. The highest BCUT2D eigenvalue weighted by atomic mass is 19.3. The van der Waals surface area contributed by atoms with Crippen LogP contribution in [0.1, 0.15) is 69.3 Å². The molecule has 5 heterocycles. The lowest BCUT2D eigenvalue weighted by atomic mass is 9.95. The quantitative estimate of drug-likeness (QED) is 0.0265. The number of piperidine rings is 1. The minimum Gasteiger partial charge on any atom is -0.513 e. The number of nitrogens with one attached hydrogen (secondary N) is 2. The Balaban J connectivity index is 0.00000140. The van der Waals surface area contributed by atoms with Crippen molar-refractivity contribution in [1.29, 1.82) is 5.26 Å². The molecule has 5 rings (SSSR count). The first-order chi connectivity index (χ1) is 30.0. The first-order valence-electron chi connectivity index (χ1n) is 18.9. The van der Waals surface area contributed by atoms with Gasteiger partial charge in [-0.3, -0.25) is 24.3 Å². The number of aliphatic hydroxyl groups is 2. The van der Waals surface area contributed by atoms with Crippen LogP contribution < -0.4 is 10.3 Å². The van der Waals surface area contributed by atoms with Crippen molar-refractivity contribution >= 4 is 40.7 Å². The lowest BCUT2D eigenvalue weighted by Gasteiger charge is -2.28. The number of aromatic hydroxyl groups is 3. The summed E-state index contributed by atoms with van der Waals surface area (Å²) in [5.74, 6) is -2.96. The fourth-order valence-electron chi connectivity index (χ4n) is 5.11. The van der Waals surface area contributed by atoms with Gasteiger partial charge in [0.15, 0.2) is 17.3 Å². The van der Waals surface area contributed by atoms with E-state index in [0.717, 1.165) is 13.3 Å². The number of aryl methyl sites for hydroxylation is 1. The predicted molar refractivity (Wildman–Crippen MR) is 236 cm³/mol. The van der Waals surface area contributed by atoms with Crippen LogP contribution in [0, 0.1) is 18.3 Å². The van der Waals surface area contributed by atoms with E-state index in [1.165, 1.54) is 48.7 Å². The molecule has 0 unspecified atom stereocenters. The Bertz CT molecular complexity index is 2380. The number of carbonyl (C=O) groups is 2. The number of pyridine rings is 2. The highest BCUT2D eigenvalue weighted by Crippen LogP contribution is 2.38. The third-order valence-electron chi connectivity index (χ3n) is 7.80. The van der Waals surface area contributed by atoms with Gasteiger partial charge in [0.05, 0.1) is 53.7 Å². The van der Waals surface area contributed by atoms with E-state index in [2.05, 4.69) is 59.7 Å². The van der Waals surface area contributed by atoms with E-state index in [1.807, 2.05) is 33.8 Å². The maximum Gasteiger partial charge on any atom is 0.295 e. The van der Waals surface area contributed by atoms with Crippen LogP contribution >= 0.6 is 0 Å². The summed E-state index contributed by atoms with van der Waals surface area (Å²) in [4.78, 5) is 65.8. The number of ketones is 1. The van der Waals surface area contributed by atoms with Crippen LogP contribution in [0.5, 0.6) is 23.0 Å². The fraction of sp³-hybridized carbons (Fsp3) is 0.341. The number of fused-ring (bicyclic) bond motifs is 1. The van der Waals surface area contributed by atoms with Crippen LogP contribution in [0.3, 0.4) is 0 Å². The molecule has 1 aliphatic heterocycles. The average Bonchev–Trinajstić information content (AvgIpc) is 3.95. The predicted octanol–water partition coefficient (Wildman–Crippen LogP) is 5.32. The number of aliphatic imine (C=N–C) groups is 2. The molecule has 21 nitrogen and oxygen atoms in total. The largest absolute Gasteiger partial charge is 0.513 e. The number of hydrogen-bond acceptors (Lipinski definition) is 16. The molecule has 0 saturated carbocycles. The van der Waals surface area contributed by atoms with Gasteiger partial charge in [-0.05, 0) is 32.3 Å². The van der Waals surface area contributed by atoms with Crippen LogP contribution in [0.25, 0.3) is 22.3 Å². The van der Waals surface area contributed by atoms with Crippen molar-refractivity contribution in [2.24, 2.45) is 9.98 Å². The molecular formula is C41H56FN11O10. The van der Waals surface area contributed by atoms with Gasteiger partial charge >= 0.3 is 0 Å². The zero-order valence-corrected chi connectivity index (χ0v) is 37.0. The monoisotopic (exact) mass is 881 g/mol. The number of hydrogen-bond donors (Lipinski definition) is 7. The summed E-state index contributed by atoms with van der Waals surface area (Å²) < 4.78 is 18.3. The van der Waals surface area contributed by atoms with Gasteiger partial charge in [0.1, 0.15) is 35.5 Å². The number of likely N-dealkylation sites (tertiary alicyclic amines) is 1. The van der Waals surface area contributed by atoms with Gasteiger partial charge in [0, 0.05) is 45.0 Å². The molecule has 342 valence electrons. The number of halogens is 1. The number of methoxy groups -OCH3 is 1. The Hall–Kier alpha value is -7.80. The molecule has 1 fully saturated rings. The summed E-state index contributed by atoms with van der Waals surface area (Å²) in [6.07, 6.45) is 7.26. The van der Waals surface area contributed by atoms with E-state index < -0.39 is 34.5 Å². The first kappa shape index (κ1) is 55.2. The number of amides is 1. The Labute approximate surface area is 363 Å². The van der Waals surface area contributed by atoms with Gasteiger partial charge in [0.2, 0.25) is 11.5 Å². The standard InChI is InChI=1S/C25H22N8O7.C8H12FN3O.C3H6O.2C2H6.CH4O/c1-11-29-10-33(31-11)23-18-16(15(40-2)9-28-23)14(8-27-18)19(34)25(39)32-5-3-12(4-6-32)13(7-26)17-20(35)21(36)22(37)24(38)30-17;1-7(13-9)5-11-8(2)12(4)6-10-3;1-3(2)4;3*1-2/h8-10,27,35,37H,3-6H2,1-2H3,(H2,30,36,38);5-6H,1-2H2,3-4H3;4H,1H2,2H3;2*1-2H3;2H,1H3/b;10-6?,11-5-;;;;. The van der Waals surface area contributed by atoms with Crippen molar-refractivity contribution in [3.05, 3.63) is 88.8 Å². The second-order valence-electron chi connectivity index (χ2n) is 11.9. The molecule has 4 aromatic rings. The number of nitrogens with zero attached hydrogens (tertiary/aromatic N) is 9. The smallest absolute Gasteiger partial charge is 0.295 e. The summed E-state index contributed by atoms with van der Waals surface area (Å²) in [5.41, 5.74) is -0.530. The van der Waals surface area contributed by atoms with Gasteiger partial charge in [0.25, 0.3) is 17.2 Å². The number of carbonyl (C=O) groups excluding carboxylic acids is 2. The summed E-state index contributed by atoms with van der Waals surface area (Å²) in [7, 11) is 5.76. The van der Waals surface area contributed by atoms with Gasteiger partial charge in [-0.2, -0.15) is 10.4 Å². The summed E-state index contributed by atoms with van der Waals surface area (Å²) in [6.45, 7) is 21.3. The van der Waals surface area contributed by atoms with Gasteiger partial charge in [-0.15, -0.1) is 0 Å². The molecular weight excluding hydrogens is 826 g/mol. The van der Waals surface area contributed by atoms with E-state index in [1.54, 1.807) is 25.9 Å². The topological polar surface area (TPSA) is 301 Å². The molecule has 1 aliphatic rings. The van der Waals surface area contributed by atoms with Crippen LogP contribution in [-0.4, -0.2) is 131 Å². The lowest BCUT2D eigenvalue weighted by molar-refractivity contribution is -0.126. The zero-order chi connectivity index (χ0) is 48.6. The molecule has 4 aromatic heterocycles. The van der Waals surface area contributed by atoms with Crippen LogP contribution in [-0.2, 0) is 9.74 Å². The Morgan fingerprint density at radius 1 is 1.06 bits per heavy atom. The number of allylic oxidation sites excluding steroid dienone is 3. The molecule has 0 aliphatic carbocycles. The van der Waals surface area contributed by atoms with E-state index in [4.69, 9.17) is 14.9 Å². The average molecular weight is 882 g/mol. The maximum atomic E-state index is 13.4. The summed E-state index contributed by atoms with van der Waals surface area (Å²) in [6, 6.07) is 1.90. The van der Waals surface area contributed by atoms with E-state index in [0.29, 0.717) is 33.9 Å². The van der Waals surface area contributed by atoms with Crippen LogP contribution in [0.4, 0.5) is 4.53 Å². The van der Waals surface area contributed by atoms with E-state index in [-0.39, 0.29) is 60.0 Å². The van der Waals surface area contributed by atoms with Crippen LogP contribution in [0.15, 0.2) is 76.1 Å². The van der Waals surface area contributed by atoms with Crippen molar-refractivity contribution in [2.45, 2.75) is 54.4 Å². The fourth-order valence-corrected chi connectivity index (χ4v) is 5.11. The Kier molecular flexibility index (Phi) is 24.4. The number of aliphatic hydroxyl groups excluding tert-OH is 2. The highest BCUT2D eigenvalue weighted by Gasteiger charge is 2.31. The number of ether oxygens (including phenoxy) is 1. The molecule has 0 radical (unpaired) electrons. The number of aromatic amines is 2. The van der Waals surface area contributed by atoms with Gasteiger partial charge < -0.3 is 50.0 Å². The summed E-state index contributed by atoms with van der Waals surface area (Å²) in [5, 5.41) is 58.7. The van der Waals surface area contributed by atoms with Crippen molar-refractivity contribution in [1.82, 2.24) is 39.5 Å². The SMILES string of the molecule is C=C(/C=N\C(=C)N(C)C=NC)OF.C=C(C)O.CC.CC.CO.COc1cnc(-n2cnc(C)n2)c2[nH]cc(C(=O)C(=O)N3CCC(=C(C#N)c4[nH]c(=O)c(O)c(O)c4O)CC3)c12. The molecule has 0 aromatic carbocycles. The molecule has 0 atom stereocenters. The molecule has 22 heteroatoms. The van der Waals surface area contributed by atoms with Crippen molar-refractivity contribution in [3.63, 3.8) is 0 Å². The third kappa shape index (κ3) is 15.0. The normalized spacial score (nSPS) is 11.3. The molecule has 1 amide bonds. The van der Waals surface area contributed by atoms with Crippen molar-refractivity contribution in [3.8, 4) is 34.9 Å². The van der Waals surface area contributed by atoms with Gasteiger partial charge in [-0.1, -0.05) is 47.4 Å². The number of aromatic nitrogens is 6. The second kappa shape index (κ2) is 27.9. The minimum atomic E-state index is -1.08. The number of Topliss-reactive ketones (excluding diaryl/α,β-unsaturated/α-hetero) is 1. The number of H-pyrrole nitrogens is 2. The number of rotatable bonds is 10. The van der Waals surface area contributed by atoms with E-state index >= 15 is 0 Å². The van der Waals surface area contributed by atoms with Gasteiger partial charge in [-0.25, -0.2) is 19.6 Å². The Morgan fingerprint density at radius 3 is 2.14 bits per heavy atom. The first-order valence-corrected chi connectivity index (χ1v) is 18.9. The third-order valence-corrected chi connectivity index (χ3v) is 7.80. The highest BCUT2D eigenvalue weighted by molar-refractivity contribution is 6.45. The lowest BCUT2D eigenvalue weighted by Crippen LogP contribution is -2.40. The zero-order valence-electron chi connectivity index (χ0n) is 37.0. The molecule has 7 N–H and O–H groups in total. The Morgan fingerprint density at radius 2 is 1.65 bits per heavy atom. The minimum absolute atomic E-state index is 0.0741. The van der Waals surface area contributed by atoms with Crippen LogP contribution in [0.2, 0.25) is 0 Å². The van der Waals surface area contributed by atoms with Crippen molar-refractivity contribution in [2.75, 3.05) is 41.4 Å². The number of nitriles is 1. The molecule has 1 saturated heterocycles. The molecule has 0 spiro atoms. The maximum absolute atomic E-state index is 13.4. The molecule has 63 heavy (non-hydrogen) atoms.